The lowest BCUT2D eigenvalue weighted by atomic mass is 10.1. The third kappa shape index (κ3) is 5.84. The van der Waals surface area contributed by atoms with Crippen molar-refractivity contribution >= 4 is 29.0 Å². The zero-order chi connectivity index (χ0) is 24.7. The van der Waals surface area contributed by atoms with Gasteiger partial charge in [0, 0.05) is 25.8 Å². The molecule has 0 aliphatic rings. The van der Waals surface area contributed by atoms with Gasteiger partial charge in [-0.3, -0.25) is 14.2 Å². The van der Waals surface area contributed by atoms with Gasteiger partial charge in [0.1, 0.15) is 0 Å². The van der Waals surface area contributed by atoms with Crippen molar-refractivity contribution in [2.75, 3.05) is 26.9 Å². The fourth-order valence-corrected chi connectivity index (χ4v) is 3.95. The van der Waals surface area contributed by atoms with Crippen molar-refractivity contribution in [3.8, 4) is 11.5 Å². The number of H-pyrrole nitrogens is 1. The molecule has 0 aliphatic heterocycles. The minimum atomic E-state index is -0.273. The van der Waals surface area contributed by atoms with Gasteiger partial charge < -0.3 is 24.5 Å². The average Bonchev–Trinajstić information content (AvgIpc) is 2.82. The number of nitrogens with zero attached hydrogens (tertiary/aromatic N) is 1. The monoisotopic (exact) mass is 485 g/mol. The van der Waals surface area contributed by atoms with Gasteiger partial charge in [-0.25, -0.2) is 0 Å². The molecule has 1 atom stereocenters. The lowest BCUT2D eigenvalue weighted by Gasteiger charge is -2.18. The second kappa shape index (κ2) is 11.8. The maximum absolute atomic E-state index is 13.0. The van der Waals surface area contributed by atoms with Crippen LogP contribution >= 0.6 is 12.2 Å². The van der Waals surface area contributed by atoms with Gasteiger partial charge in [0.2, 0.25) is 0 Å². The Morgan fingerprint density at radius 1 is 1.12 bits per heavy atom. The number of carbonyl (C=O) groups excluding carboxylic acids is 1. The number of carbonyl (C=O) groups is 1. The molecule has 0 aliphatic carbocycles. The highest BCUT2D eigenvalue weighted by Gasteiger charge is 2.16. The van der Waals surface area contributed by atoms with E-state index in [1.165, 1.54) is 4.57 Å². The van der Waals surface area contributed by atoms with Crippen LogP contribution in [0.2, 0.25) is 0 Å². The predicted octanol–water partition coefficient (Wildman–Crippen LogP) is 4.38. The number of methoxy groups -OCH3 is 1. The van der Waals surface area contributed by atoms with Crippen molar-refractivity contribution in [1.82, 2.24) is 14.9 Å². The molecule has 182 valence electrons. The average molecular weight is 486 g/mol. The summed E-state index contributed by atoms with van der Waals surface area (Å²) in [5, 5.41) is 3.48. The molecule has 0 spiro atoms. The Labute approximate surface area is 203 Å². The van der Waals surface area contributed by atoms with E-state index in [1.807, 2.05) is 39.0 Å². The molecule has 1 amide bonds. The van der Waals surface area contributed by atoms with Crippen LogP contribution in [0.3, 0.4) is 0 Å². The van der Waals surface area contributed by atoms with Crippen LogP contribution in [0, 0.1) is 4.77 Å². The van der Waals surface area contributed by atoms with Gasteiger partial charge in [0.15, 0.2) is 16.3 Å². The van der Waals surface area contributed by atoms with E-state index < -0.39 is 0 Å². The number of amides is 1. The molecule has 0 saturated heterocycles. The molecule has 0 bridgehead atoms. The van der Waals surface area contributed by atoms with Crippen molar-refractivity contribution in [2.24, 2.45) is 0 Å². The zero-order valence-corrected chi connectivity index (χ0v) is 20.8. The van der Waals surface area contributed by atoms with Gasteiger partial charge >= 0.3 is 0 Å². The van der Waals surface area contributed by atoms with Crippen LogP contribution < -0.4 is 20.3 Å². The van der Waals surface area contributed by atoms with Gasteiger partial charge in [0.25, 0.3) is 11.5 Å². The van der Waals surface area contributed by atoms with E-state index in [-0.39, 0.29) is 17.5 Å². The Hall–Kier alpha value is -3.17. The molecule has 1 heterocycles. The Morgan fingerprint density at radius 2 is 1.85 bits per heavy atom. The molecule has 3 rings (SSSR count). The molecular formula is C25H31N3O5S. The van der Waals surface area contributed by atoms with Crippen LogP contribution in [-0.2, 0) is 11.3 Å². The Balaban J connectivity index is 1.81. The number of benzene rings is 2. The van der Waals surface area contributed by atoms with Crippen LogP contribution in [0.5, 0.6) is 11.5 Å². The van der Waals surface area contributed by atoms with Crippen LogP contribution in [0.25, 0.3) is 10.9 Å². The highest BCUT2D eigenvalue weighted by molar-refractivity contribution is 7.71. The first-order chi connectivity index (χ1) is 16.4. The van der Waals surface area contributed by atoms with Crippen molar-refractivity contribution < 1.29 is 19.0 Å². The van der Waals surface area contributed by atoms with Crippen molar-refractivity contribution in [3.63, 3.8) is 0 Å². The fourth-order valence-electron chi connectivity index (χ4n) is 3.67. The van der Waals surface area contributed by atoms with Crippen molar-refractivity contribution in [2.45, 2.75) is 39.8 Å². The third-order valence-electron chi connectivity index (χ3n) is 5.39. The smallest absolute Gasteiger partial charge is 0.262 e. The van der Waals surface area contributed by atoms with Gasteiger partial charge in [-0.2, -0.15) is 0 Å². The van der Waals surface area contributed by atoms with E-state index in [9.17, 15) is 9.59 Å². The Morgan fingerprint density at radius 3 is 2.56 bits per heavy atom. The summed E-state index contributed by atoms with van der Waals surface area (Å²) in [5.41, 5.74) is 1.66. The molecule has 2 N–H and O–H groups in total. The molecule has 1 aromatic heterocycles. The number of hydrogen-bond donors (Lipinski definition) is 2. The van der Waals surface area contributed by atoms with Gasteiger partial charge in [0.05, 0.1) is 30.2 Å². The normalized spacial score (nSPS) is 11.9. The molecule has 34 heavy (non-hydrogen) atoms. The summed E-state index contributed by atoms with van der Waals surface area (Å²) >= 11 is 5.37. The van der Waals surface area contributed by atoms with Crippen LogP contribution in [0.1, 0.15) is 49.2 Å². The first-order valence-electron chi connectivity index (χ1n) is 11.4. The summed E-state index contributed by atoms with van der Waals surface area (Å²) in [4.78, 5) is 28.9. The minimum Gasteiger partial charge on any atom is -0.490 e. The fraction of sp³-hybridized carbons (Fsp3) is 0.400. The van der Waals surface area contributed by atoms with E-state index in [2.05, 4.69) is 10.3 Å². The maximum Gasteiger partial charge on any atom is 0.262 e. The second-order valence-corrected chi connectivity index (χ2v) is 8.15. The lowest BCUT2D eigenvalue weighted by Crippen LogP contribution is -2.27. The van der Waals surface area contributed by atoms with Crippen LogP contribution in [0.15, 0.2) is 41.2 Å². The summed E-state index contributed by atoms with van der Waals surface area (Å²) in [7, 11) is 1.62. The summed E-state index contributed by atoms with van der Waals surface area (Å²) in [6.07, 6.45) is 0.675. The van der Waals surface area contributed by atoms with Crippen molar-refractivity contribution in [1.29, 1.82) is 0 Å². The van der Waals surface area contributed by atoms with E-state index in [4.69, 9.17) is 26.4 Å². The molecule has 0 fully saturated rings. The first kappa shape index (κ1) is 25.5. The molecular weight excluding hydrogens is 454 g/mol. The van der Waals surface area contributed by atoms with Crippen LogP contribution in [0.4, 0.5) is 0 Å². The number of fused-ring (bicyclic) bond motifs is 1. The molecule has 0 saturated carbocycles. The minimum absolute atomic E-state index is 0.187. The first-order valence-corrected chi connectivity index (χ1v) is 11.8. The molecule has 3 aromatic rings. The number of nitrogens with one attached hydrogen (secondary N) is 2. The van der Waals surface area contributed by atoms with Gasteiger partial charge in [-0.1, -0.05) is 6.07 Å². The third-order valence-corrected chi connectivity index (χ3v) is 5.71. The Kier molecular flexibility index (Phi) is 8.84. The lowest BCUT2D eigenvalue weighted by molar-refractivity contribution is 0.0940. The summed E-state index contributed by atoms with van der Waals surface area (Å²) < 4.78 is 18.2. The van der Waals surface area contributed by atoms with E-state index in [1.54, 1.807) is 25.3 Å². The molecule has 8 nitrogen and oxygen atoms in total. The molecule has 0 radical (unpaired) electrons. The molecule has 2 aromatic carbocycles. The number of rotatable bonds is 11. The standard InChI is InChI=1S/C25H31N3O5S/c1-5-32-21-11-9-17(15-22(21)33-6-2)16(3)26-23(29)18-8-10-19-20(14-18)27-25(34)28(24(19)30)12-7-13-31-4/h8-11,14-16H,5-7,12-13H2,1-4H3,(H,26,29)(H,27,34). The number of aromatic amines is 1. The zero-order valence-electron chi connectivity index (χ0n) is 20.0. The second-order valence-electron chi connectivity index (χ2n) is 7.76. The molecule has 1 unspecified atom stereocenters. The van der Waals surface area contributed by atoms with Gasteiger partial charge in [-0.15, -0.1) is 0 Å². The Bertz CT molecular complexity index is 1270. The summed E-state index contributed by atoms with van der Waals surface area (Å²) in [6.45, 7) is 7.77. The summed E-state index contributed by atoms with van der Waals surface area (Å²) in [5.74, 6) is 1.05. The van der Waals surface area contributed by atoms with Crippen molar-refractivity contribution in [3.05, 3.63) is 62.6 Å². The van der Waals surface area contributed by atoms with E-state index in [0.717, 1.165) is 5.56 Å². The summed E-state index contributed by atoms with van der Waals surface area (Å²) in [6, 6.07) is 10.3. The highest BCUT2D eigenvalue weighted by atomic mass is 32.1. The van der Waals surface area contributed by atoms with Gasteiger partial charge in [-0.05, 0) is 75.3 Å². The molecule has 9 heteroatoms. The maximum atomic E-state index is 13.0. The number of ether oxygens (including phenoxy) is 3. The van der Waals surface area contributed by atoms with Crippen LogP contribution in [-0.4, -0.2) is 42.4 Å². The number of hydrogen-bond acceptors (Lipinski definition) is 6. The predicted molar refractivity (Wildman–Crippen MR) is 135 cm³/mol. The highest BCUT2D eigenvalue weighted by Crippen LogP contribution is 2.30. The largest absolute Gasteiger partial charge is 0.490 e. The quantitative estimate of drug-likeness (QED) is 0.309. The van der Waals surface area contributed by atoms with E-state index in [0.29, 0.717) is 65.5 Å². The number of aromatic nitrogens is 2. The SMILES string of the molecule is CCOc1ccc(C(C)NC(=O)c2ccc3c(=O)n(CCCOC)c(=S)[nH]c3c2)cc1OCC. The van der Waals surface area contributed by atoms with E-state index >= 15 is 0 Å². The topological polar surface area (TPSA) is 94.6 Å².